The molecule has 142 valence electrons. The molecule has 2 N–H and O–H groups in total. The van der Waals surface area contributed by atoms with Crippen molar-refractivity contribution in [3.05, 3.63) is 114 Å². The first-order chi connectivity index (χ1) is 13.6. The number of rotatable bonds is 7. The highest BCUT2D eigenvalue weighted by Crippen LogP contribution is 2.19. The summed E-state index contributed by atoms with van der Waals surface area (Å²) in [6.07, 6.45) is 1.65. The van der Waals surface area contributed by atoms with E-state index in [1.165, 1.54) is 5.56 Å². The van der Waals surface area contributed by atoms with Gasteiger partial charge in [-0.2, -0.15) is 0 Å². The van der Waals surface area contributed by atoms with Gasteiger partial charge in [-0.15, -0.1) is 0 Å². The standard InChI is InChI=1S/C25H26N2O/c1-19(21-12-6-3-7-13-21)26-24(23-16-10-5-11-17-23)18-25(28)27-20(2)22-14-8-4-9-15-22/h3-20,26H,1-2H3,(H,27,28)/b24-18+/t19-,20-/m1/s1. The zero-order valence-electron chi connectivity index (χ0n) is 16.3. The lowest BCUT2D eigenvalue weighted by Crippen LogP contribution is -2.26. The molecule has 28 heavy (non-hydrogen) atoms. The van der Waals surface area contributed by atoms with Gasteiger partial charge in [0.05, 0.1) is 6.04 Å². The minimum Gasteiger partial charge on any atom is -0.378 e. The van der Waals surface area contributed by atoms with Gasteiger partial charge in [-0.05, 0) is 30.5 Å². The zero-order chi connectivity index (χ0) is 19.8. The lowest BCUT2D eigenvalue weighted by Gasteiger charge is -2.19. The molecule has 0 saturated carbocycles. The van der Waals surface area contributed by atoms with Gasteiger partial charge in [0.15, 0.2) is 0 Å². The van der Waals surface area contributed by atoms with E-state index in [1.807, 2.05) is 85.8 Å². The van der Waals surface area contributed by atoms with Crippen molar-refractivity contribution < 1.29 is 4.79 Å². The molecule has 1 amide bonds. The smallest absolute Gasteiger partial charge is 0.246 e. The van der Waals surface area contributed by atoms with Gasteiger partial charge >= 0.3 is 0 Å². The SMILES string of the molecule is C[C@@H](NC(=O)/C=C(/N[C@H](C)c1ccccc1)c1ccccc1)c1ccccc1. The quantitative estimate of drug-likeness (QED) is 0.557. The molecule has 3 aromatic carbocycles. The molecule has 3 nitrogen and oxygen atoms in total. The van der Waals surface area contributed by atoms with E-state index in [-0.39, 0.29) is 18.0 Å². The van der Waals surface area contributed by atoms with Crippen molar-refractivity contribution in [3.8, 4) is 0 Å². The summed E-state index contributed by atoms with van der Waals surface area (Å²) in [5.41, 5.74) is 4.03. The van der Waals surface area contributed by atoms with Gasteiger partial charge in [0.25, 0.3) is 0 Å². The molecule has 0 saturated heterocycles. The van der Waals surface area contributed by atoms with Crippen molar-refractivity contribution >= 4 is 11.6 Å². The normalized spacial score (nSPS) is 13.4. The van der Waals surface area contributed by atoms with Crippen molar-refractivity contribution in [2.45, 2.75) is 25.9 Å². The highest BCUT2D eigenvalue weighted by molar-refractivity contribution is 5.95. The van der Waals surface area contributed by atoms with Gasteiger partial charge in [-0.25, -0.2) is 0 Å². The van der Waals surface area contributed by atoms with E-state index in [0.717, 1.165) is 16.8 Å². The zero-order valence-corrected chi connectivity index (χ0v) is 16.3. The first-order valence-electron chi connectivity index (χ1n) is 9.57. The molecular weight excluding hydrogens is 344 g/mol. The average molecular weight is 370 g/mol. The Morgan fingerprint density at radius 3 is 1.61 bits per heavy atom. The maximum absolute atomic E-state index is 12.7. The molecule has 0 bridgehead atoms. The van der Waals surface area contributed by atoms with Gasteiger partial charge in [0, 0.05) is 17.8 Å². The average Bonchev–Trinajstić information content (AvgIpc) is 2.75. The van der Waals surface area contributed by atoms with Crippen molar-refractivity contribution in [3.63, 3.8) is 0 Å². The largest absolute Gasteiger partial charge is 0.378 e. The molecule has 0 aromatic heterocycles. The Labute approximate surface area is 167 Å². The van der Waals surface area contributed by atoms with E-state index in [9.17, 15) is 4.79 Å². The molecular formula is C25H26N2O. The third kappa shape index (κ3) is 5.34. The summed E-state index contributed by atoms with van der Waals surface area (Å²) in [6, 6.07) is 30.1. The fraction of sp³-hybridized carbons (Fsp3) is 0.160. The van der Waals surface area contributed by atoms with E-state index in [2.05, 4.69) is 29.7 Å². The Balaban J connectivity index is 1.79. The first kappa shape index (κ1) is 19.4. The molecule has 0 radical (unpaired) electrons. The number of hydrogen-bond acceptors (Lipinski definition) is 2. The highest BCUT2D eigenvalue weighted by atomic mass is 16.1. The Morgan fingerprint density at radius 2 is 1.11 bits per heavy atom. The van der Waals surface area contributed by atoms with Crippen LogP contribution in [0.2, 0.25) is 0 Å². The lowest BCUT2D eigenvalue weighted by atomic mass is 10.1. The number of hydrogen-bond donors (Lipinski definition) is 2. The number of nitrogens with one attached hydrogen (secondary N) is 2. The summed E-state index contributed by atoms with van der Waals surface area (Å²) >= 11 is 0. The van der Waals surface area contributed by atoms with Crippen molar-refractivity contribution in [2.24, 2.45) is 0 Å². The molecule has 0 heterocycles. The topological polar surface area (TPSA) is 41.1 Å². The molecule has 3 heteroatoms. The lowest BCUT2D eigenvalue weighted by molar-refractivity contribution is -0.117. The molecule has 0 fully saturated rings. The van der Waals surface area contributed by atoms with Gasteiger partial charge in [-0.1, -0.05) is 91.0 Å². The second-order valence-corrected chi connectivity index (χ2v) is 6.84. The Hall–Kier alpha value is -3.33. The van der Waals surface area contributed by atoms with E-state index in [4.69, 9.17) is 0 Å². The monoisotopic (exact) mass is 370 g/mol. The predicted molar refractivity (Wildman–Crippen MR) is 115 cm³/mol. The van der Waals surface area contributed by atoms with E-state index in [1.54, 1.807) is 6.08 Å². The fourth-order valence-corrected chi connectivity index (χ4v) is 3.10. The summed E-state index contributed by atoms with van der Waals surface area (Å²) in [4.78, 5) is 12.7. The number of carbonyl (C=O) groups excluding carboxylic acids is 1. The summed E-state index contributed by atoms with van der Waals surface area (Å²) < 4.78 is 0. The van der Waals surface area contributed by atoms with Gasteiger partial charge in [0.2, 0.25) is 5.91 Å². The van der Waals surface area contributed by atoms with Crippen molar-refractivity contribution in [1.82, 2.24) is 10.6 Å². The third-order valence-corrected chi connectivity index (χ3v) is 4.69. The Morgan fingerprint density at radius 1 is 0.679 bits per heavy atom. The van der Waals surface area contributed by atoms with Crippen LogP contribution in [-0.2, 0) is 4.79 Å². The summed E-state index contributed by atoms with van der Waals surface area (Å²) in [5, 5.41) is 6.55. The van der Waals surface area contributed by atoms with Crippen LogP contribution in [0.1, 0.15) is 42.6 Å². The van der Waals surface area contributed by atoms with E-state index in [0.29, 0.717) is 0 Å². The van der Waals surface area contributed by atoms with Crippen LogP contribution < -0.4 is 10.6 Å². The maximum atomic E-state index is 12.7. The van der Waals surface area contributed by atoms with Gasteiger partial charge in [-0.3, -0.25) is 4.79 Å². The number of carbonyl (C=O) groups is 1. The van der Waals surface area contributed by atoms with Crippen LogP contribution in [0.3, 0.4) is 0 Å². The van der Waals surface area contributed by atoms with Crippen LogP contribution in [0, 0.1) is 0 Å². The first-order valence-corrected chi connectivity index (χ1v) is 9.57. The second kappa shape index (κ2) is 9.56. The minimum absolute atomic E-state index is 0.0616. The van der Waals surface area contributed by atoms with Gasteiger partial charge in [0.1, 0.15) is 0 Å². The molecule has 0 spiro atoms. The third-order valence-electron chi connectivity index (χ3n) is 4.69. The minimum atomic E-state index is -0.122. The van der Waals surface area contributed by atoms with Crippen LogP contribution in [0.25, 0.3) is 5.70 Å². The molecule has 0 aliphatic heterocycles. The van der Waals surface area contributed by atoms with Crippen molar-refractivity contribution in [2.75, 3.05) is 0 Å². The molecule has 3 aromatic rings. The summed E-state index contributed by atoms with van der Waals surface area (Å²) in [6.45, 7) is 4.08. The number of amides is 1. The molecule has 3 rings (SSSR count). The van der Waals surface area contributed by atoms with Crippen LogP contribution in [0.4, 0.5) is 0 Å². The molecule has 2 atom stereocenters. The Bertz CT molecular complexity index is 905. The predicted octanol–water partition coefficient (Wildman–Crippen LogP) is 5.26. The van der Waals surface area contributed by atoms with Gasteiger partial charge < -0.3 is 10.6 Å². The van der Waals surface area contributed by atoms with E-state index >= 15 is 0 Å². The maximum Gasteiger partial charge on any atom is 0.246 e. The summed E-state index contributed by atoms with van der Waals surface area (Å²) in [7, 11) is 0. The second-order valence-electron chi connectivity index (χ2n) is 6.84. The van der Waals surface area contributed by atoms with Crippen LogP contribution in [-0.4, -0.2) is 5.91 Å². The Kier molecular flexibility index (Phi) is 6.64. The number of benzene rings is 3. The van der Waals surface area contributed by atoms with Crippen LogP contribution in [0.5, 0.6) is 0 Å². The molecule has 0 unspecified atom stereocenters. The van der Waals surface area contributed by atoms with Crippen LogP contribution >= 0.6 is 0 Å². The fourth-order valence-electron chi connectivity index (χ4n) is 3.10. The van der Waals surface area contributed by atoms with E-state index < -0.39 is 0 Å². The molecule has 0 aliphatic rings. The molecule has 0 aliphatic carbocycles. The van der Waals surface area contributed by atoms with Crippen molar-refractivity contribution in [1.29, 1.82) is 0 Å². The summed E-state index contributed by atoms with van der Waals surface area (Å²) in [5.74, 6) is -0.122. The van der Waals surface area contributed by atoms with Crippen LogP contribution in [0.15, 0.2) is 97.1 Å². The highest BCUT2D eigenvalue weighted by Gasteiger charge is 2.12.